The minimum Gasteiger partial charge on any atom is -0.338 e. The first-order valence-corrected chi connectivity index (χ1v) is 17.0. The lowest BCUT2D eigenvalue weighted by molar-refractivity contribution is -0.137. The maximum atomic E-state index is 13.6. The summed E-state index contributed by atoms with van der Waals surface area (Å²) in [7, 11) is -1.52. The summed E-state index contributed by atoms with van der Waals surface area (Å²) in [5.74, 6) is -0.374. The smallest absolute Gasteiger partial charge is 0.338 e. The van der Waals surface area contributed by atoms with Crippen molar-refractivity contribution in [1.82, 2.24) is 15.1 Å². The van der Waals surface area contributed by atoms with Gasteiger partial charge in [-0.25, -0.2) is 8.42 Å². The molecule has 1 amide bonds. The molecule has 1 saturated carbocycles. The number of halogens is 3. The SMILES string of the molecule is CSc1ccc(S(=O)(=O)C[C@@H]2C[C@H](N(C)C(C)C)CC[C@@H]2N2CC[C@H](NCc3cccc(C(F)(F)F)c3)C2=O)cc1. The first-order valence-electron chi connectivity index (χ1n) is 14.1. The van der Waals surface area contributed by atoms with Gasteiger partial charge in [0.15, 0.2) is 9.84 Å². The average molecular weight is 612 g/mol. The summed E-state index contributed by atoms with van der Waals surface area (Å²) in [5.41, 5.74) is -0.258. The van der Waals surface area contributed by atoms with Crippen LogP contribution in [0.15, 0.2) is 58.3 Å². The standard InChI is InChI=1S/C30H40F3N3O3S2/c1-20(2)35(3)24-8-13-28(22(17-24)19-41(38,39)26-11-9-25(40-4)10-12-26)36-15-14-27(29(36)37)34-18-21-6-5-7-23(16-21)30(31,32)33/h5-7,9-12,16,20,22,24,27-28,34H,8,13-15,17-19H2,1-4H3/t22-,24+,27-,28-/m0/s1. The third-order valence-electron chi connectivity index (χ3n) is 8.60. The molecule has 0 spiro atoms. The van der Waals surface area contributed by atoms with Crippen LogP contribution in [-0.4, -0.2) is 73.9 Å². The molecule has 41 heavy (non-hydrogen) atoms. The number of thioether (sulfide) groups is 1. The van der Waals surface area contributed by atoms with Crippen LogP contribution in [-0.2, 0) is 27.4 Å². The van der Waals surface area contributed by atoms with Crippen LogP contribution in [0.1, 0.15) is 50.7 Å². The summed E-state index contributed by atoms with van der Waals surface area (Å²) in [6.07, 6.45) is 0.289. The topological polar surface area (TPSA) is 69.7 Å². The van der Waals surface area contributed by atoms with Crippen molar-refractivity contribution in [1.29, 1.82) is 0 Å². The quantitative estimate of drug-likeness (QED) is 0.360. The molecule has 0 radical (unpaired) electrons. The molecule has 0 unspecified atom stereocenters. The predicted molar refractivity (Wildman–Crippen MR) is 156 cm³/mol. The van der Waals surface area contributed by atoms with E-state index in [1.165, 1.54) is 6.07 Å². The monoisotopic (exact) mass is 611 g/mol. The molecule has 1 N–H and O–H groups in total. The van der Waals surface area contributed by atoms with Crippen molar-refractivity contribution in [3.8, 4) is 0 Å². The Balaban J connectivity index is 1.49. The van der Waals surface area contributed by atoms with Crippen LogP contribution in [0.5, 0.6) is 0 Å². The third-order valence-corrected chi connectivity index (χ3v) is 11.2. The lowest BCUT2D eigenvalue weighted by Gasteiger charge is -2.44. The highest BCUT2D eigenvalue weighted by molar-refractivity contribution is 7.98. The van der Waals surface area contributed by atoms with Crippen LogP contribution in [0.25, 0.3) is 0 Å². The number of benzene rings is 2. The van der Waals surface area contributed by atoms with E-state index in [2.05, 4.69) is 31.1 Å². The third kappa shape index (κ3) is 7.66. The Bertz CT molecular complexity index is 1300. The zero-order chi connectivity index (χ0) is 29.9. The van der Waals surface area contributed by atoms with E-state index in [-0.39, 0.29) is 36.2 Å². The van der Waals surface area contributed by atoms with Gasteiger partial charge in [0.1, 0.15) is 0 Å². The van der Waals surface area contributed by atoms with Gasteiger partial charge in [0, 0.05) is 36.1 Å². The lowest BCUT2D eigenvalue weighted by Crippen LogP contribution is -2.52. The number of carbonyl (C=O) groups excluding carboxylic acids is 1. The Hall–Kier alpha value is -2.08. The summed E-state index contributed by atoms with van der Waals surface area (Å²) in [5, 5.41) is 3.15. The second-order valence-electron chi connectivity index (χ2n) is 11.5. The van der Waals surface area contributed by atoms with Crippen molar-refractivity contribution in [2.24, 2.45) is 5.92 Å². The Labute approximate surface area is 246 Å². The summed E-state index contributed by atoms with van der Waals surface area (Å²) >= 11 is 1.55. The lowest BCUT2D eigenvalue weighted by atomic mass is 9.81. The molecule has 226 valence electrons. The number of carbonyl (C=O) groups is 1. The van der Waals surface area contributed by atoms with Gasteiger partial charge >= 0.3 is 6.18 Å². The molecule has 1 saturated heterocycles. The number of amides is 1. The number of hydrogen-bond donors (Lipinski definition) is 1. The van der Waals surface area contributed by atoms with Gasteiger partial charge in [0.25, 0.3) is 0 Å². The molecule has 4 rings (SSSR count). The number of rotatable bonds is 10. The predicted octanol–water partition coefficient (Wildman–Crippen LogP) is 5.47. The van der Waals surface area contributed by atoms with Crippen LogP contribution in [0, 0.1) is 5.92 Å². The van der Waals surface area contributed by atoms with Crippen LogP contribution >= 0.6 is 11.8 Å². The van der Waals surface area contributed by atoms with Crippen molar-refractivity contribution < 1.29 is 26.4 Å². The van der Waals surface area contributed by atoms with Crippen molar-refractivity contribution in [2.75, 3.05) is 25.6 Å². The number of nitrogens with one attached hydrogen (secondary N) is 1. The van der Waals surface area contributed by atoms with Crippen LogP contribution in [0.3, 0.4) is 0 Å². The van der Waals surface area contributed by atoms with Gasteiger partial charge in [-0.2, -0.15) is 13.2 Å². The maximum Gasteiger partial charge on any atom is 0.416 e. The van der Waals surface area contributed by atoms with E-state index in [0.717, 1.165) is 23.4 Å². The van der Waals surface area contributed by atoms with Crippen molar-refractivity contribution in [3.63, 3.8) is 0 Å². The molecule has 1 aliphatic carbocycles. The molecular weight excluding hydrogens is 571 g/mol. The van der Waals surface area contributed by atoms with Gasteiger partial charge in [-0.3, -0.25) is 4.79 Å². The molecule has 0 aromatic heterocycles. The van der Waals surface area contributed by atoms with Gasteiger partial charge in [0.2, 0.25) is 5.91 Å². The second-order valence-corrected chi connectivity index (χ2v) is 14.4. The zero-order valence-electron chi connectivity index (χ0n) is 24.0. The molecule has 2 aromatic carbocycles. The van der Waals surface area contributed by atoms with Crippen LogP contribution in [0.4, 0.5) is 13.2 Å². The number of likely N-dealkylation sites (tertiary alicyclic amines) is 1. The fraction of sp³-hybridized carbons (Fsp3) is 0.567. The second kappa shape index (κ2) is 13.1. The van der Waals surface area contributed by atoms with Gasteiger partial charge in [-0.15, -0.1) is 11.8 Å². The molecule has 1 aliphatic heterocycles. The maximum absolute atomic E-state index is 13.6. The fourth-order valence-corrected chi connectivity index (χ4v) is 8.16. The van der Waals surface area contributed by atoms with Crippen molar-refractivity contribution >= 4 is 27.5 Å². The number of hydrogen-bond acceptors (Lipinski definition) is 6. The van der Waals surface area contributed by atoms with Crippen LogP contribution < -0.4 is 5.32 Å². The highest BCUT2D eigenvalue weighted by Gasteiger charge is 2.44. The molecule has 6 nitrogen and oxygen atoms in total. The first kappa shape index (κ1) is 31.8. The Morgan fingerprint density at radius 3 is 2.44 bits per heavy atom. The highest BCUT2D eigenvalue weighted by atomic mass is 32.2. The normalized spacial score (nSPS) is 24.0. The van der Waals surface area contributed by atoms with Crippen molar-refractivity contribution in [3.05, 3.63) is 59.7 Å². The molecule has 11 heteroatoms. The van der Waals surface area contributed by atoms with Gasteiger partial charge in [0.05, 0.1) is 22.3 Å². The number of alkyl halides is 3. The Kier molecular flexibility index (Phi) is 10.1. The first-order chi connectivity index (χ1) is 19.3. The zero-order valence-corrected chi connectivity index (χ0v) is 25.7. The highest BCUT2D eigenvalue weighted by Crippen LogP contribution is 2.36. The average Bonchev–Trinajstić information content (AvgIpc) is 3.30. The fourth-order valence-electron chi connectivity index (χ4n) is 6.08. The van der Waals surface area contributed by atoms with Crippen molar-refractivity contribution in [2.45, 2.75) is 86.2 Å². The summed E-state index contributed by atoms with van der Waals surface area (Å²) in [6, 6.07) is 11.9. The van der Waals surface area contributed by atoms with E-state index in [1.54, 1.807) is 30.0 Å². The number of nitrogens with zero attached hydrogens (tertiary/aromatic N) is 2. The van der Waals surface area contributed by atoms with Gasteiger partial charge < -0.3 is 15.1 Å². The van der Waals surface area contributed by atoms with E-state index in [9.17, 15) is 26.4 Å². The van der Waals surface area contributed by atoms with E-state index in [0.29, 0.717) is 42.3 Å². The van der Waals surface area contributed by atoms with E-state index < -0.39 is 27.6 Å². The number of sulfone groups is 1. The Morgan fingerprint density at radius 1 is 1.10 bits per heavy atom. The van der Waals surface area contributed by atoms with E-state index in [4.69, 9.17) is 0 Å². The largest absolute Gasteiger partial charge is 0.416 e. The summed E-state index contributed by atoms with van der Waals surface area (Å²) < 4.78 is 66.5. The molecule has 1 heterocycles. The molecule has 2 aliphatic rings. The minimum absolute atomic E-state index is 0.0369. The van der Waals surface area contributed by atoms with E-state index in [1.807, 2.05) is 23.3 Å². The summed E-state index contributed by atoms with van der Waals surface area (Å²) in [4.78, 5) is 18.9. The van der Waals surface area contributed by atoms with Crippen LogP contribution in [0.2, 0.25) is 0 Å². The molecule has 0 bridgehead atoms. The Morgan fingerprint density at radius 2 is 1.80 bits per heavy atom. The van der Waals surface area contributed by atoms with Gasteiger partial charge in [-0.1, -0.05) is 18.2 Å². The molecule has 4 atom stereocenters. The molecule has 2 aromatic rings. The van der Waals surface area contributed by atoms with Gasteiger partial charge in [-0.05, 0) is 94.6 Å². The molecule has 2 fully saturated rings. The summed E-state index contributed by atoms with van der Waals surface area (Å²) in [6.45, 7) is 4.88. The molecular formula is C30H40F3N3O3S2. The van der Waals surface area contributed by atoms with E-state index >= 15 is 0 Å². The minimum atomic E-state index is -4.43.